The fourth-order valence-corrected chi connectivity index (χ4v) is 4.65. The van der Waals surface area contributed by atoms with Gasteiger partial charge >= 0.3 is 0 Å². The van der Waals surface area contributed by atoms with Gasteiger partial charge in [-0.15, -0.1) is 11.8 Å². The summed E-state index contributed by atoms with van der Waals surface area (Å²) in [4.78, 5) is 26.7. The number of rotatable bonds is 5. The smallest absolute Gasteiger partial charge is 0.255 e. The van der Waals surface area contributed by atoms with Gasteiger partial charge in [-0.3, -0.25) is 9.59 Å². The number of carbonyl (C=O) groups is 2. The molecule has 0 unspecified atom stereocenters. The number of anilines is 1. The molecule has 1 atom stereocenters. The molecule has 0 aliphatic carbocycles. The number of hydrogen-bond donors (Lipinski definition) is 1. The predicted octanol–water partition coefficient (Wildman–Crippen LogP) is 5.27. The van der Waals surface area contributed by atoms with Crippen molar-refractivity contribution in [2.45, 2.75) is 18.8 Å². The molecule has 4 rings (SSSR count). The molecule has 29 heavy (non-hydrogen) atoms. The molecule has 5 nitrogen and oxygen atoms in total. The Bertz CT molecular complexity index is 1030. The topological polar surface area (TPSA) is 62.6 Å². The van der Waals surface area contributed by atoms with Crippen molar-refractivity contribution in [2.75, 3.05) is 11.1 Å². The van der Waals surface area contributed by atoms with Crippen molar-refractivity contribution >= 4 is 40.9 Å². The van der Waals surface area contributed by atoms with E-state index >= 15 is 0 Å². The highest BCUT2D eigenvalue weighted by molar-refractivity contribution is 8.00. The van der Waals surface area contributed by atoms with Crippen LogP contribution in [0.25, 0.3) is 0 Å². The second-order valence-corrected chi connectivity index (χ2v) is 8.30. The molecule has 1 saturated heterocycles. The molecule has 0 spiro atoms. The van der Waals surface area contributed by atoms with E-state index in [0.29, 0.717) is 22.9 Å². The summed E-state index contributed by atoms with van der Waals surface area (Å²) in [6.07, 6.45) is 1.60. The van der Waals surface area contributed by atoms with Crippen molar-refractivity contribution in [2.24, 2.45) is 0 Å². The molecule has 7 heteroatoms. The molecule has 1 aliphatic heterocycles. The lowest BCUT2D eigenvalue weighted by molar-refractivity contribution is -0.128. The average Bonchev–Trinajstić information content (AvgIpc) is 3.35. The van der Waals surface area contributed by atoms with Crippen LogP contribution in [0.2, 0.25) is 5.02 Å². The molecule has 1 N–H and O–H groups in total. The normalized spacial score (nSPS) is 16.3. The summed E-state index contributed by atoms with van der Waals surface area (Å²) in [5.41, 5.74) is 3.16. The van der Waals surface area contributed by atoms with Gasteiger partial charge < -0.3 is 14.6 Å². The number of carbonyl (C=O) groups excluding carboxylic acids is 2. The van der Waals surface area contributed by atoms with Crippen molar-refractivity contribution < 1.29 is 14.0 Å². The molecule has 0 radical (unpaired) electrons. The van der Waals surface area contributed by atoms with E-state index in [-0.39, 0.29) is 17.2 Å². The number of amides is 2. The molecule has 3 aromatic rings. The van der Waals surface area contributed by atoms with Gasteiger partial charge in [0.15, 0.2) is 0 Å². The van der Waals surface area contributed by atoms with E-state index in [2.05, 4.69) is 5.32 Å². The number of aryl methyl sites for hydroxylation is 1. The maximum atomic E-state index is 12.6. The fraction of sp³-hybridized carbons (Fsp3) is 0.182. The lowest BCUT2D eigenvalue weighted by Crippen LogP contribution is -2.27. The molecule has 1 aromatic heterocycles. The van der Waals surface area contributed by atoms with Gasteiger partial charge in [-0.05, 0) is 60.5 Å². The SMILES string of the molecule is Cc1cc(Cl)ccc1NC(=O)c1ccc([C@@H]2SCC(=O)N2Cc2ccco2)cc1. The van der Waals surface area contributed by atoms with E-state index < -0.39 is 0 Å². The predicted molar refractivity (Wildman–Crippen MR) is 115 cm³/mol. The van der Waals surface area contributed by atoms with Gasteiger partial charge in [0.2, 0.25) is 5.91 Å². The molecule has 1 fully saturated rings. The largest absolute Gasteiger partial charge is 0.467 e. The molecule has 2 aromatic carbocycles. The number of halogens is 1. The van der Waals surface area contributed by atoms with E-state index in [9.17, 15) is 9.59 Å². The Kier molecular flexibility index (Phi) is 5.65. The molecular formula is C22H19ClN2O3S. The number of nitrogens with one attached hydrogen (secondary N) is 1. The van der Waals surface area contributed by atoms with Gasteiger partial charge in [0, 0.05) is 16.3 Å². The average molecular weight is 427 g/mol. The monoisotopic (exact) mass is 426 g/mol. The first kappa shape index (κ1) is 19.6. The molecule has 2 amide bonds. The molecule has 1 aliphatic rings. The quantitative estimate of drug-likeness (QED) is 0.603. The summed E-state index contributed by atoms with van der Waals surface area (Å²) < 4.78 is 5.39. The zero-order valence-corrected chi connectivity index (χ0v) is 17.3. The first-order valence-electron chi connectivity index (χ1n) is 9.12. The third kappa shape index (κ3) is 4.33. The fourth-order valence-electron chi connectivity index (χ4n) is 3.23. The Morgan fingerprint density at radius 1 is 1.24 bits per heavy atom. The molecule has 0 bridgehead atoms. The summed E-state index contributed by atoms with van der Waals surface area (Å²) in [6, 6.07) is 16.4. The highest BCUT2D eigenvalue weighted by Crippen LogP contribution is 2.39. The Morgan fingerprint density at radius 2 is 2.03 bits per heavy atom. The van der Waals surface area contributed by atoms with Crippen LogP contribution in [0, 0.1) is 6.92 Å². The van der Waals surface area contributed by atoms with Crippen LogP contribution in [0.1, 0.15) is 32.6 Å². The van der Waals surface area contributed by atoms with E-state index in [0.717, 1.165) is 22.6 Å². The maximum Gasteiger partial charge on any atom is 0.255 e. The molecule has 2 heterocycles. The zero-order valence-electron chi connectivity index (χ0n) is 15.7. The summed E-state index contributed by atoms with van der Waals surface area (Å²) >= 11 is 7.54. The van der Waals surface area contributed by atoms with E-state index in [1.807, 2.05) is 37.3 Å². The van der Waals surface area contributed by atoms with Crippen LogP contribution in [-0.4, -0.2) is 22.5 Å². The van der Waals surface area contributed by atoms with E-state index in [1.165, 1.54) is 0 Å². The number of furan rings is 1. The molecule has 148 valence electrons. The van der Waals surface area contributed by atoms with Crippen LogP contribution in [0.15, 0.2) is 65.3 Å². The third-order valence-electron chi connectivity index (χ3n) is 4.77. The van der Waals surface area contributed by atoms with E-state index in [1.54, 1.807) is 47.2 Å². The Hall–Kier alpha value is -2.70. The van der Waals surface area contributed by atoms with Crippen molar-refractivity contribution in [3.8, 4) is 0 Å². The Morgan fingerprint density at radius 3 is 2.72 bits per heavy atom. The maximum absolute atomic E-state index is 12.6. The summed E-state index contributed by atoms with van der Waals surface area (Å²) in [5, 5.41) is 3.45. The van der Waals surface area contributed by atoms with Crippen LogP contribution in [0.5, 0.6) is 0 Å². The van der Waals surface area contributed by atoms with Crippen molar-refractivity contribution in [3.05, 3.63) is 88.3 Å². The summed E-state index contributed by atoms with van der Waals surface area (Å²) in [7, 11) is 0. The summed E-state index contributed by atoms with van der Waals surface area (Å²) in [6.45, 7) is 2.33. The lowest BCUT2D eigenvalue weighted by Gasteiger charge is -2.23. The second-order valence-electron chi connectivity index (χ2n) is 6.80. The van der Waals surface area contributed by atoms with Gasteiger partial charge in [-0.1, -0.05) is 23.7 Å². The van der Waals surface area contributed by atoms with Crippen LogP contribution in [0.4, 0.5) is 5.69 Å². The van der Waals surface area contributed by atoms with Gasteiger partial charge in [0.25, 0.3) is 5.91 Å². The first-order valence-corrected chi connectivity index (χ1v) is 10.5. The number of benzene rings is 2. The van der Waals surface area contributed by atoms with Crippen LogP contribution in [-0.2, 0) is 11.3 Å². The lowest BCUT2D eigenvalue weighted by atomic mass is 10.1. The van der Waals surface area contributed by atoms with E-state index in [4.69, 9.17) is 16.0 Å². The molecular weight excluding hydrogens is 408 g/mol. The highest BCUT2D eigenvalue weighted by Gasteiger charge is 2.33. The molecule has 0 saturated carbocycles. The first-order chi connectivity index (χ1) is 14.0. The second kappa shape index (κ2) is 8.35. The van der Waals surface area contributed by atoms with Crippen molar-refractivity contribution in [3.63, 3.8) is 0 Å². The minimum absolute atomic E-state index is 0.0800. The van der Waals surface area contributed by atoms with Crippen molar-refractivity contribution in [1.82, 2.24) is 4.90 Å². The van der Waals surface area contributed by atoms with Crippen LogP contribution < -0.4 is 5.32 Å². The van der Waals surface area contributed by atoms with Gasteiger partial charge in [-0.25, -0.2) is 0 Å². The summed E-state index contributed by atoms with van der Waals surface area (Å²) in [5.74, 6) is 1.07. The Balaban J connectivity index is 1.48. The standard InChI is InChI=1S/C22H19ClN2O3S/c1-14-11-17(23)8-9-19(14)24-21(27)15-4-6-16(7-5-15)22-25(20(26)13-29-22)12-18-3-2-10-28-18/h2-11,22H,12-13H2,1H3,(H,24,27)/t22-/m0/s1. The van der Waals surface area contributed by atoms with Gasteiger partial charge in [0.05, 0.1) is 18.6 Å². The third-order valence-corrected chi connectivity index (χ3v) is 6.26. The number of nitrogens with zero attached hydrogens (tertiary/aromatic N) is 1. The van der Waals surface area contributed by atoms with Crippen LogP contribution in [0.3, 0.4) is 0 Å². The zero-order chi connectivity index (χ0) is 20.4. The van der Waals surface area contributed by atoms with Gasteiger partial charge in [-0.2, -0.15) is 0 Å². The highest BCUT2D eigenvalue weighted by atomic mass is 35.5. The van der Waals surface area contributed by atoms with Crippen LogP contribution >= 0.6 is 23.4 Å². The van der Waals surface area contributed by atoms with Crippen molar-refractivity contribution in [1.29, 1.82) is 0 Å². The number of hydrogen-bond acceptors (Lipinski definition) is 4. The number of thioether (sulfide) groups is 1. The Labute approximate surface area is 178 Å². The van der Waals surface area contributed by atoms with Gasteiger partial charge in [0.1, 0.15) is 11.1 Å². The minimum atomic E-state index is -0.190. The minimum Gasteiger partial charge on any atom is -0.467 e.